The zero-order chi connectivity index (χ0) is 17.3. The Morgan fingerprint density at radius 1 is 1.12 bits per heavy atom. The number of nitrogens with zero attached hydrogens (tertiary/aromatic N) is 1. The van der Waals surface area contributed by atoms with Gasteiger partial charge in [0.1, 0.15) is 5.69 Å². The summed E-state index contributed by atoms with van der Waals surface area (Å²) in [6.45, 7) is 8.24. The van der Waals surface area contributed by atoms with E-state index in [2.05, 4.69) is 29.1 Å². The number of amides is 1. The Hall–Kier alpha value is -2.62. The van der Waals surface area contributed by atoms with E-state index in [9.17, 15) is 4.79 Å². The molecule has 1 unspecified atom stereocenters. The van der Waals surface area contributed by atoms with Gasteiger partial charge in [-0.3, -0.25) is 9.78 Å². The molecular weight excluding hydrogens is 298 g/mol. The SMILES string of the molecule is Cc1cccnc1C(NC(=O)c1cc2cccc(C)c2[nH]1)C(C)C. The van der Waals surface area contributed by atoms with Crippen molar-refractivity contribution in [2.75, 3.05) is 0 Å². The number of fused-ring (bicyclic) bond motifs is 1. The van der Waals surface area contributed by atoms with Gasteiger partial charge in [0.25, 0.3) is 5.91 Å². The highest BCUT2D eigenvalue weighted by Gasteiger charge is 2.22. The number of carbonyl (C=O) groups is 1. The van der Waals surface area contributed by atoms with Crippen LogP contribution >= 0.6 is 0 Å². The number of rotatable bonds is 4. The first-order valence-electron chi connectivity index (χ1n) is 8.28. The van der Waals surface area contributed by atoms with Gasteiger partial charge < -0.3 is 10.3 Å². The number of pyridine rings is 1. The molecule has 124 valence electrons. The van der Waals surface area contributed by atoms with E-state index in [0.29, 0.717) is 5.69 Å². The van der Waals surface area contributed by atoms with E-state index in [-0.39, 0.29) is 17.9 Å². The number of hydrogen-bond donors (Lipinski definition) is 2. The summed E-state index contributed by atoms with van der Waals surface area (Å²) in [5.74, 6) is 0.142. The number of carbonyl (C=O) groups excluding carboxylic acids is 1. The number of aromatic nitrogens is 2. The fraction of sp³-hybridized carbons (Fsp3) is 0.300. The van der Waals surface area contributed by atoms with Gasteiger partial charge in [-0.2, -0.15) is 0 Å². The predicted octanol–water partition coefficient (Wildman–Crippen LogP) is 4.31. The zero-order valence-corrected chi connectivity index (χ0v) is 14.6. The van der Waals surface area contributed by atoms with Crippen LogP contribution in [0.4, 0.5) is 0 Å². The van der Waals surface area contributed by atoms with E-state index < -0.39 is 0 Å². The molecule has 0 saturated heterocycles. The maximum Gasteiger partial charge on any atom is 0.268 e. The van der Waals surface area contributed by atoms with Crippen LogP contribution in [-0.2, 0) is 0 Å². The molecule has 2 N–H and O–H groups in total. The number of benzene rings is 1. The molecule has 0 saturated carbocycles. The second kappa shape index (κ2) is 6.48. The Morgan fingerprint density at radius 3 is 2.54 bits per heavy atom. The van der Waals surface area contributed by atoms with E-state index in [1.54, 1.807) is 6.20 Å². The van der Waals surface area contributed by atoms with E-state index in [0.717, 1.165) is 27.7 Å². The predicted molar refractivity (Wildman–Crippen MR) is 97.1 cm³/mol. The number of para-hydroxylation sites is 1. The zero-order valence-electron chi connectivity index (χ0n) is 14.6. The monoisotopic (exact) mass is 321 g/mol. The van der Waals surface area contributed by atoms with Crippen LogP contribution in [0.2, 0.25) is 0 Å². The molecule has 2 heterocycles. The molecule has 2 aromatic heterocycles. The molecule has 0 fully saturated rings. The minimum atomic E-state index is -0.119. The average Bonchev–Trinajstić information content (AvgIpc) is 2.99. The lowest BCUT2D eigenvalue weighted by atomic mass is 9.97. The molecule has 0 radical (unpaired) electrons. The highest BCUT2D eigenvalue weighted by molar-refractivity contribution is 5.98. The van der Waals surface area contributed by atoms with Gasteiger partial charge in [-0.05, 0) is 43.0 Å². The van der Waals surface area contributed by atoms with Crippen molar-refractivity contribution >= 4 is 16.8 Å². The van der Waals surface area contributed by atoms with E-state index in [4.69, 9.17) is 0 Å². The Kier molecular flexibility index (Phi) is 4.38. The smallest absolute Gasteiger partial charge is 0.268 e. The minimum Gasteiger partial charge on any atom is -0.350 e. The maximum atomic E-state index is 12.8. The Labute approximate surface area is 142 Å². The molecule has 3 rings (SSSR count). The summed E-state index contributed by atoms with van der Waals surface area (Å²) in [7, 11) is 0. The van der Waals surface area contributed by atoms with E-state index >= 15 is 0 Å². The van der Waals surface area contributed by atoms with Crippen molar-refractivity contribution in [3.63, 3.8) is 0 Å². The van der Waals surface area contributed by atoms with Crippen LogP contribution < -0.4 is 5.32 Å². The summed E-state index contributed by atoms with van der Waals surface area (Å²) in [6, 6.07) is 11.8. The van der Waals surface area contributed by atoms with Crippen molar-refractivity contribution in [1.29, 1.82) is 0 Å². The molecule has 0 aliphatic heterocycles. The maximum absolute atomic E-state index is 12.8. The van der Waals surface area contributed by atoms with Crippen molar-refractivity contribution < 1.29 is 4.79 Å². The molecule has 0 aliphatic rings. The van der Waals surface area contributed by atoms with Crippen molar-refractivity contribution in [1.82, 2.24) is 15.3 Å². The number of H-pyrrole nitrogens is 1. The summed E-state index contributed by atoms with van der Waals surface area (Å²) in [5, 5.41) is 4.19. The second-order valence-electron chi connectivity index (χ2n) is 6.62. The summed E-state index contributed by atoms with van der Waals surface area (Å²) >= 11 is 0. The van der Waals surface area contributed by atoms with Gasteiger partial charge >= 0.3 is 0 Å². The van der Waals surface area contributed by atoms with Crippen LogP contribution in [0.15, 0.2) is 42.6 Å². The van der Waals surface area contributed by atoms with Gasteiger partial charge in [0, 0.05) is 17.1 Å². The molecule has 4 nitrogen and oxygen atoms in total. The molecule has 24 heavy (non-hydrogen) atoms. The molecular formula is C20H23N3O. The van der Waals surface area contributed by atoms with Gasteiger partial charge in [0.05, 0.1) is 11.7 Å². The lowest BCUT2D eigenvalue weighted by Gasteiger charge is -2.23. The van der Waals surface area contributed by atoms with Gasteiger partial charge in [-0.15, -0.1) is 0 Å². The largest absolute Gasteiger partial charge is 0.350 e. The Balaban J connectivity index is 1.90. The number of aromatic amines is 1. The first kappa shape index (κ1) is 16.2. The highest BCUT2D eigenvalue weighted by Crippen LogP contribution is 2.24. The van der Waals surface area contributed by atoms with Gasteiger partial charge in [-0.25, -0.2) is 0 Å². The van der Waals surface area contributed by atoms with Crippen molar-refractivity contribution in [3.05, 3.63) is 65.1 Å². The Morgan fingerprint density at radius 2 is 1.88 bits per heavy atom. The number of hydrogen-bond acceptors (Lipinski definition) is 2. The van der Waals surface area contributed by atoms with Crippen LogP contribution in [0.3, 0.4) is 0 Å². The lowest BCUT2D eigenvalue weighted by Crippen LogP contribution is -2.33. The summed E-state index contributed by atoms with van der Waals surface area (Å²) in [6.07, 6.45) is 1.77. The average molecular weight is 321 g/mol. The summed E-state index contributed by atoms with van der Waals surface area (Å²) in [4.78, 5) is 20.5. The second-order valence-corrected chi connectivity index (χ2v) is 6.62. The normalized spacial score (nSPS) is 12.5. The Bertz CT molecular complexity index is 879. The molecule has 0 spiro atoms. The fourth-order valence-corrected chi connectivity index (χ4v) is 3.02. The molecule has 1 aromatic carbocycles. The fourth-order valence-electron chi connectivity index (χ4n) is 3.02. The summed E-state index contributed by atoms with van der Waals surface area (Å²) in [5.41, 5.74) is 4.74. The van der Waals surface area contributed by atoms with Gasteiger partial charge in [0.15, 0.2) is 0 Å². The third kappa shape index (κ3) is 3.04. The topological polar surface area (TPSA) is 57.8 Å². The molecule has 1 amide bonds. The minimum absolute atomic E-state index is 0.102. The third-order valence-corrected chi connectivity index (χ3v) is 4.41. The molecule has 0 bridgehead atoms. The van der Waals surface area contributed by atoms with Crippen molar-refractivity contribution in [3.8, 4) is 0 Å². The van der Waals surface area contributed by atoms with E-state index in [1.165, 1.54) is 0 Å². The van der Waals surface area contributed by atoms with E-state index in [1.807, 2.05) is 50.2 Å². The van der Waals surface area contributed by atoms with Crippen LogP contribution in [0.5, 0.6) is 0 Å². The molecule has 3 aromatic rings. The number of aryl methyl sites for hydroxylation is 2. The third-order valence-electron chi connectivity index (χ3n) is 4.41. The number of nitrogens with one attached hydrogen (secondary N) is 2. The lowest BCUT2D eigenvalue weighted by molar-refractivity contribution is 0.0920. The first-order valence-corrected chi connectivity index (χ1v) is 8.28. The van der Waals surface area contributed by atoms with Crippen molar-refractivity contribution in [2.45, 2.75) is 33.7 Å². The van der Waals surface area contributed by atoms with Gasteiger partial charge in [0.2, 0.25) is 0 Å². The summed E-state index contributed by atoms with van der Waals surface area (Å²) < 4.78 is 0. The van der Waals surface area contributed by atoms with Crippen LogP contribution in [0, 0.1) is 19.8 Å². The highest BCUT2D eigenvalue weighted by atomic mass is 16.1. The molecule has 4 heteroatoms. The molecule has 0 aliphatic carbocycles. The first-order chi connectivity index (χ1) is 11.5. The molecule has 1 atom stereocenters. The van der Waals surface area contributed by atoms with Crippen LogP contribution in [-0.4, -0.2) is 15.9 Å². The quantitative estimate of drug-likeness (QED) is 0.752. The standard InChI is InChI=1S/C20H23N3O/c1-12(2)17(19-14(4)8-6-10-21-19)23-20(24)16-11-15-9-5-7-13(3)18(15)22-16/h5-12,17,22H,1-4H3,(H,23,24). The van der Waals surface area contributed by atoms with Gasteiger partial charge in [-0.1, -0.05) is 38.1 Å². The van der Waals surface area contributed by atoms with Crippen LogP contribution in [0.25, 0.3) is 10.9 Å². The van der Waals surface area contributed by atoms with Crippen LogP contribution in [0.1, 0.15) is 47.2 Å². The van der Waals surface area contributed by atoms with Crippen molar-refractivity contribution in [2.24, 2.45) is 5.92 Å².